The van der Waals surface area contributed by atoms with Crippen LogP contribution in [0.2, 0.25) is 0 Å². The molecule has 0 radical (unpaired) electrons. The second-order valence-corrected chi connectivity index (χ2v) is 6.95. The minimum Gasteiger partial charge on any atom is -0.494 e. The number of hydrogen-bond acceptors (Lipinski definition) is 7. The van der Waals surface area contributed by atoms with Crippen LogP contribution < -0.4 is 14.8 Å². The fraction of sp³-hybridized carbons (Fsp3) is 0.250. The Morgan fingerprint density at radius 1 is 1.27 bits per heavy atom. The number of carbonyl (C=O) groups excluding carboxylic acids is 1. The molecule has 0 bridgehead atoms. The van der Waals surface area contributed by atoms with Crippen LogP contribution in [-0.2, 0) is 14.8 Å². The Morgan fingerprint density at radius 3 is 2.55 bits per heavy atom. The smallest absolute Gasteiger partial charge is 0.291 e. The van der Waals surface area contributed by atoms with Crippen LogP contribution in [0.1, 0.15) is 13.8 Å². The largest absolute Gasteiger partial charge is 0.494 e. The van der Waals surface area contributed by atoms with Crippen LogP contribution in [0.4, 0.5) is 10.8 Å². The molecular formula is C12H14N4O4S2. The molecule has 2 N–H and O–H groups in total. The SMILES string of the molecule is CCOc1ccc(NS(=O)(=O)c2nnc(NC(C)=O)s2)cc1. The average Bonchev–Trinajstić information content (AvgIpc) is 2.89. The molecule has 0 spiro atoms. The number of hydrogen-bond donors (Lipinski definition) is 2. The van der Waals surface area contributed by atoms with E-state index in [2.05, 4.69) is 20.2 Å². The first-order valence-electron chi connectivity index (χ1n) is 6.27. The van der Waals surface area contributed by atoms with Crippen molar-refractivity contribution in [2.24, 2.45) is 0 Å². The second kappa shape index (κ2) is 6.71. The van der Waals surface area contributed by atoms with Crippen molar-refractivity contribution in [3.8, 4) is 5.75 Å². The van der Waals surface area contributed by atoms with Gasteiger partial charge in [-0.15, -0.1) is 10.2 Å². The molecule has 0 aliphatic carbocycles. The number of ether oxygens (including phenoxy) is 1. The van der Waals surface area contributed by atoms with Crippen LogP contribution >= 0.6 is 11.3 Å². The van der Waals surface area contributed by atoms with Gasteiger partial charge in [0.15, 0.2) is 0 Å². The second-order valence-electron chi connectivity index (χ2n) is 4.12. The van der Waals surface area contributed by atoms with Gasteiger partial charge in [-0.25, -0.2) is 0 Å². The highest BCUT2D eigenvalue weighted by molar-refractivity contribution is 7.94. The van der Waals surface area contributed by atoms with Gasteiger partial charge in [-0.3, -0.25) is 9.52 Å². The summed E-state index contributed by atoms with van der Waals surface area (Å²) in [6, 6.07) is 6.48. The minimum absolute atomic E-state index is 0.125. The molecule has 0 fully saturated rings. The predicted octanol–water partition coefficient (Wildman–Crippen LogP) is 1.70. The van der Waals surface area contributed by atoms with Gasteiger partial charge in [-0.05, 0) is 31.2 Å². The Balaban J connectivity index is 2.13. The molecule has 10 heteroatoms. The van der Waals surface area contributed by atoms with E-state index in [9.17, 15) is 13.2 Å². The standard InChI is InChI=1S/C12H14N4O4S2/c1-3-20-10-6-4-9(5-7-10)16-22(18,19)12-15-14-11(21-12)13-8(2)17/h4-7,16H,3H2,1-2H3,(H,13,14,17). The molecule has 1 aromatic heterocycles. The Labute approximate surface area is 131 Å². The molecule has 2 aromatic rings. The van der Waals surface area contributed by atoms with E-state index >= 15 is 0 Å². The van der Waals surface area contributed by atoms with Gasteiger partial charge in [-0.1, -0.05) is 11.3 Å². The molecule has 1 heterocycles. The van der Waals surface area contributed by atoms with Crippen molar-refractivity contribution in [1.82, 2.24) is 10.2 Å². The van der Waals surface area contributed by atoms with E-state index in [4.69, 9.17) is 4.74 Å². The van der Waals surface area contributed by atoms with E-state index in [0.29, 0.717) is 18.0 Å². The topological polar surface area (TPSA) is 110 Å². The third-order valence-electron chi connectivity index (χ3n) is 2.34. The summed E-state index contributed by atoms with van der Waals surface area (Å²) < 4.78 is 31.8. The van der Waals surface area contributed by atoms with Gasteiger partial charge in [0.2, 0.25) is 11.0 Å². The Kier molecular flexibility index (Phi) is 4.93. The zero-order chi connectivity index (χ0) is 16.2. The van der Waals surface area contributed by atoms with Crippen LogP contribution in [0.25, 0.3) is 0 Å². The first-order valence-corrected chi connectivity index (χ1v) is 8.57. The molecule has 0 saturated heterocycles. The van der Waals surface area contributed by atoms with Gasteiger partial charge in [0.25, 0.3) is 14.4 Å². The molecule has 0 unspecified atom stereocenters. The molecule has 0 saturated carbocycles. The number of nitrogens with one attached hydrogen (secondary N) is 2. The third kappa shape index (κ3) is 4.15. The molecule has 118 valence electrons. The molecule has 0 atom stereocenters. The van der Waals surface area contributed by atoms with E-state index in [0.717, 1.165) is 11.3 Å². The van der Waals surface area contributed by atoms with Gasteiger partial charge < -0.3 is 10.1 Å². The number of rotatable bonds is 6. The van der Waals surface area contributed by atoms with Crippen molar-refractivity contribution in [1.29, 1.82) is 0 Å². The quantitative estimate of drug-likeness (QED) is 0.773. The van der Waals surface area contributed by atoms with Crippen molar-refractivity contribution < 1.29 is 17.9 Å². The fourth-order valence-electron chi connectivity index (χ4n) is 1.50. The predicted molar refractivity (Wildman–Crippen MR) is 82.6 cm³/mol. The summed E-state index contributed by atoms with van der Waals surface area (Å²) in [6.45, 7) is 3.69. The fourth-order valence-corrected chi connectivity index (χ4v) is 3.51. The number of amides is 1. The lowest BCUT2D eigenvalue weighted by Crippen LogP contribution is -2.12. The lowest BCUT2D eigenvalue weighted by Gasteiger charge is -2.06. The van der Waals surface area contributed by atoms with Crippen LogP contribution in [0, 0.1) is 0 Å². The molecule has 1 aromatic carbocycles. The Bertz CT molecular complexity index is 756. The number of benzene rings is 1. The zero-order valence-corrected chi connectivity index (χ0v) is 13.5. The lowest BCUT2D eigenvalue weighted by molar-refractivity contribution is -0.114. The first-order chi connectivity index (χ1) is 10.4. The summed E-state index contributed by atoms with van der Waals surface area (Å²) >= 11 is 0.769. The van der Waals surface area contributed by atoms with Crippen LogP contribution in [0.5, 0.6) is 5.75 Å². The summed E-state index contributed by atoms with van der Waals surface area (Å²) in [5.74, 6) is 0.300. The van der Waals surface area contributed by atoms with Crippen molar-refractivity contribution in [2.75, 3.05) is 16.6 Å². The van der Waals surface area contributed by atoms with Crippen LogP contribution in [-0.4, -0.2) is 31.1 Å². The number of nitrogens with zero attached hydrogens (tertiary/aromatic N) is 2. The Hall–Kier alpha value is -2.20. The normalized spacial score (nSPS) is 11.0. The number of aromatic nitrogens is 2. The summed E-state index contributed by atoms with van der Waals surface area (Å²) in [4.78, 5) is 10.9. The maximum absolute atomic E-state index is 12.2. The maximum atomic E-state index is 12.2. The summed E-state index contributed by atoms with van der Waals surface area (Å²) in [6.07, 6.45) is 0. The summed E-state index contributed by atoms with van der Waals surface area (Å²) in [5, 5.41) is 9.67. The molecular weight excluding hydrogens is 328 g/mol. The van der Waals surface area contributed by atoms with Crippen LogP contribution in [0.15, 0.2) is 28.6 Å². The molecule has 0 aliphatic heterocycles. The van der Waals surface area contributed by atoms with E-state index in [1.54, 1.807) is 24.3 Å². The number of carbonyl (C=O) groups is 1. The highest BCUT2D eigenvalue weighted by Crippen LogP contribution is 2.23. The van der Waals surface area contributed by atoms with Crippen molar-refractivity contribution in [3.05, 3.63) is 24.3 Å². The molecule has 2 rings (SSSR count). The van der Waals surface area contributed by atoms with Crippen molar-refractivity contribution >= 4 is 38.1 Å². The summed E-state index contributed by atoms with van der Waals surface area (Å²) in [5.41, 5.74) is 0.375. The van der Waals surface area contributed by atoms with E-state index in [1.807, 2.05) is 6.92 Å². The first kappa shape index (κ1) is 16.2. The zero-order valence-electron chi connectivity index (χ0n) is 11.9. The number of anilines is 2. The van der Waals surface area contributed by atoms with Crippen molar-refractivity contribution in [3.63, 3.8) is 0 Å². The van der Waals surface area contributed by atoms with Gasteiger partial charge in [-0.2, -0.15) is 8.42 Å². The van der Waals surface area contributed by atoms with E-state index in [1.165, 1.54) is 6.92 Å². The van der Waals surface area contributed by atoms with Gasteiger partial charge >= 0.3 is 0 Å². The number of sulfonamides is 1. The van der Waals surface area contributed by atoms with Gasteiger partial charge in [0.05, 0.1) is 6.61 Å². The molecule has 8 nitrogen and oxygen atoms in total. The van der Waals surface area contributed by atoms with Crippen molar-refractivity contribution in [2.45, 2.75) is 18.2 Å². The summed E-state index contributed by atoms with van der Waals surface area (Å²) in [7, 11) is -3.85. The molecule has 1 amide bonds. The van der Waals surface area contributed by atoms with Crippen LogP contribution in [0.3, 0.4) is 0 Å². The Morgan fingerprint density at radius 2 is 1.95 bits per heavy atom. The van der Waals surface area contributed by atoms with Gasteiger partial charge in [0, 0.05) is 12.6 Å². The van der Waals surface area contributed by atoms with Gasteiger partial charge in [0.1, 0.15) is 5.75 Å². The lowest BCUT2D eigenvalue weighted by atomic mass is 10.3. The molecule has 0 aliphatic rings. The molecule has 22 heavy (non-hydrogen) atoms. The van der Waals surface area contributed by atoms with E-state index in [-0.39, 0.29) is 15.4 Å². The average molecular weight is 342 g/mol. The highest BCUT2D eigenvalue weighted by atomic mass is 32.2. The highest BCUT2D eigenvalue weighted by Gasteiger charge is 2.20. The van der Waals surface area contributed by atoms with E-state index < -0.39 is 10.0 Å². The minimum atomic E-state index is -3.85. The monoisotopic (exact) mass is 342 g/mol. The third-order valence-corrected chi connectivity index (χ3v) is 4.92. The maximum Gasteiger partial charge on any atom is 0.291 e.